The average molecular weight is 286 g/mol. The number of hydrogen-bond donors (Lipinski definition) is 2. The highest BCUT2D eigenvalue weighted by Crippen LogP contribution is 2.31. The van der Waals surface area contributed by atoms with E-state index < -0.39 is 0 Å². The Kier molecular flexibility index (Phi) is 2.89. The van der Waals surface area contributed by atoms with E-state index in [2.05, 4.69) is 15.6 Å². The number of nitrogens with zero attached hydrogens (tertiary/aromatic N) is 3. The maximum Gasteiger partial charge on any atom is 0.160 e. The SMILES string of the molecule is N#Cc1ccc(Nc2ccc(N)c3nonc23)c(Cl)c1. The van der Waals surface area contributed by atoms with Gasteiger partial charge >= 0.3 is 0 Å². The molecule has 3 N–H and O–H groups in total. The van der Waals surface area contributed by atoms with Gasteiger partial charge in [-0.15, -0.1) is 0 Å². The molecular formula is C13H8ClN5O. The van der Waals surface area contributed by atoms with E-state index in [-0.39, 0.29) is 0 Å². The zero-order chi connectivity index (χ0) is 14.1. The first-order chi connectivity index (χ1) is 9.69. The molecule has 6 nitrogen and oxygen atoms in total. The molecular weight excluding hydrogens is 278 g/mol. The smallest absolute Gasteiger partial charge is 0.160 e. The molecule has 7 heteroatoms. The maximum absolute atomic E-state index is 8.81. The number of nitrogen functional groups attached to an aromatic ring is 1. The Labute approximate surface area is 118 Å². The molecule has 1 aromatic heterocycles. The highest BCUT2D eigenvalue weighted by molar-refractivity contribution is 6.33. The van der Waals surface area contributed by atoms with E-state index in [4.69, 9.17) is 27.2 Å². The Morgan fingerprint density at radius 1 is 1.15 bits per heavy atom. The van der Waals surface area contributed by atoms with E-state index in [9.17, 15) is 0 Å². The average Bonchev–Trinajstić information content (AvgIpc) is 2.94. The molecule has 0 spiro atoms. The second-order valence-electron chi connectivity index (χ2n) is 4.10. The van der Waals surface area contributed by atoms with E-state index >= 15 is 0 Å². The zero-order valence-electron chi connectivity index (χ0n) is 10.1. The minimum atomic E-state index is 0.436. The van der Waals surface area contributed by atoms with Gasteiger partial charge in [-0.25, -0.2) is 4.63 Å². The van der Waals surface area contributed by atoms with Gasteiger partial charge in [0, 0.05) is 0 Å². The fraction of sp³-hybridized carbons (Fsp3) is 0. The first-order valence-corrected chi connectivity index (χ1v) is 6.04. The van der Waals surface area contributed by atoms with Crippen LogP contribution in [-0.2, 0) is 0 Å². The van der Waals surface area contributed by atoms with Gasteiger partial charge in [-0.3, -0.25) is 0 Å². The van der Waals surface area contributed by atoms with Crippen LogP contribution in [0.3, 0.4) is 0 Å². The van der Waals surface area contributed by atoms with Gasteiger partial charge in [-0.2, -0.15) is 5.26 Å². The fourth-order valence-electron chi connectivity index (χ4n) is 1.82. The molecule has 0 saturated carbocycles. The van der Waals surface area contributed by atoms with E-state index in [1.165, 1.54) is 0 Å². The summed E-state index contributed by atoms with van der Waals surface area (Å²) >= 11 is 6.12. The summed E-state index contributed by atoms with van der Waals surface area (Å²) in [5.41, 5.74) is 9.08. The summed E-state index contributed by atoms with van der Waals surface area (Å²) in [5, 5.41) is 19.9. The molecule has 0 radical (unpaired) electrons. The van der Waals surface area contributed by atoms with Crippen molar-refractivity contribution in [3.63, 3.8) is 0 Å². The van der Waals surface area contributed by atoms with Crippen molar-refractivity contribution in [2.75, 3.05) is 11.1 Å². The van der Waals surface area contributed by atoms with Gasteiger partial charge in [0.15, 0.2) is 11.0 Å². The largest absolute Gasteiger partial charge is 0.397 e. The summed E-state index contributed by atoms with van der Waals surface area (Å²) in [7, 11) is 0. The van der Waals surface area contributed by atoms with Crippen LogP contribution >= 0.6 is 11.6 Å². The Hall–Kier alpha value is -2.78. The zero-order valence-corrected chi connectivity index (χ0v) is 10.8. The molecule has 0 aliphatic heterocycles. The molecule has 0 aliphatic carbocycles. The van der Waals surface area contributed by atoms with Gasteiger partial charge < -0.3 is 11.1 Å². The highest BCUT2D eigenvalue weighted by atomic mass is 35.5. The van der Waals surface area contributed by atoms with Gasteiger partial charge in [-0.1, -0.05) is 11.6 Å². The van der Waals surface area contributed by atoms with E-state index in [0.717, 1.165) is 0 Å². The van der Waals surface area contributed by atoms with Crippen LogP contribution in [0.5, 0.6) is 0 Å². The number of nitrogens with two attached hydrogens (primary N) is 1. The lowest BCUT2D eigenvalue weighted by molar-refractivity contribution is 0.316. The molecule has 0 fully saturated rings. The number of halogens is 1. The lowest BCUT2D eigenvalue weighted by atomic mass is 10.2. The number of hydrogen-bond acceptors (Lipinski definition) is 6. The quantitative estimate of drug-likeness (QED) is 0.702. The lowest BCUT2D eigenvalue weighted by Crippen LogP contribution is -1.95. The van der Waals surface area contributed by atoms with Gasteiger partial charge in [0.25, 0.3) is 0 Å². The van der Waals surface area contributed by atoms with Crippen molar-refractivity contribution in [2.24, 2.45) is 0 Å². The number of fused-ring (bicyclic) bond motifs is 1. The van der Waals surface area contributed by atoms with Gasteiger partial charge in [0.2, 0.25) is 0 Å². The van der Waals surface area contributed by atoms with Crippen molar-refractivity contribution >= 4 is 39.7 Å². The Morgan fingerprint density at radius 2 is 1.90 bits per heavy atom. The van der Waals surface area contributed by atoms with Crippen LogP contribution in [0.25, 0.3) is 11.0 Å². The number of anilines is 3. The van der Waals surface area contributed by atoms with Gasteiger partial charge in [0.05, 0.1) is 33.7 Å². The molecule has 0 unspecified atom stereocenters. The molecule has 20 heavy (non-hydrogen) atoms. The van der Waals surface area contributed by atoms with Crippen molar-refractivity contribution in [3.8, 4) is 6.07 Å². The van der Waals surface area contributed by atoms with Crippen LogP contribution in [0, 0.1) is 11.3 Å². The first-order valence-electron chi connectivity index (χ1n) is 5.66. The van der Waals surface area contributed by atoms with Crippen molar-refractivity contribution in [2.45, 2.75) is 0 Å². The van der Waals surface area contributed by atoms with Crippen LogP contribution in [-0.4, -0.2) is 10.3 Å². The van der Waals surface area contributed by atoms with Crippen molar-refractivity contribution < 1.29 is 4.63 Å². The summed E-state index contributed by atoms with van der Waals surface area (Å²) < 4.78 is 4.69. The summed E-state index contributed by atoms with van der Waals surface area (Å²) in [6.45, 7) is 0. The fourth-order valence-corrected chi connectivity index (χ4v) is 2.05. The van der Waals surface area contributed by atoms with Gasteiger partial charge in [0.1, 0.15) is 0 Å². The molecule has 0 bridgehead atoms. The molecule has 0 aliphatic rings. The van der Waals surface area contributed by atoms with Crippen LogP contribution in [0.2, 0.25) is 5.02 Å². The van der Waals surface area contributed by atoms with E-state index in [1.807, 2.05) is 6.07 Å². The topological polar surface area (TPSA) is 101 Å². The molecule has 3 aromatic rings. The Bertz CT molecular complexity index is 836. The molecule has 2 aromatic carbocycles. The normalized spacial score (nSPS) is 10.4. The second kappa shape index (κ2) is 4.72. The van der Waals surface area contributed by atoms with Crippen molar-refractivity contribution in [3.05, 3.63) is 40.9 Å². The van der Waals surface area contributed by atoms with Crippen molar-refractivity contribution in [1.82, 2.24) is 10.3 Å². The summed E-state index contributed by atoms with van der Waals surface area (Å²) in [6.07, 6.45) is 0. The predicted octanol–water partition coefficient (Wildman–Crippen LogP) is 3.07. The third kappa shape index (κ3) is 2.00. The highest BCUT2D eigenvalue weighted by Gasteiger charge is 2.11. The number of rotatable bonds is 2. The third-order valence-electron chi connectivity index (χ3n) is 2.81. The first kappa shape index (κ1) is 12.3. The molecule has 0 atom stereocenters. The van der Waals surface area contributed by atoms with Crippen molar-refractivity contribution in [1.29, 1.82) is 5.26 Å². The summed E-state index contributed by atoms with van der Waals surface area (Å²) in [4.78, 5) is 0. The van der Waals surface area contributed by atoms with Crippen LogP contribution < -0.4 is 11.1 Å². The van der Waals surface area contributed by atoms with E-state index in [1.54, 1.807) is 30.3 Å². The minimum absolute atomic E-state index is 0.436. The maximum atomic E-state index is 8.81. The summed E-state index contributed by atoms with van der Waals surface area (Å²) in [6, 6.07) is 10.5. The minimum Gasteiger partial charge on any atom is -0.397 e. The second-order valence-corrected chi connectivity index (χ2v) is 4.50. The van der Waals surface area contributed by atoms with Crippen LogP contribution in [0.15, 0.2) is 35.0 Å². The molecule has 0 saturated heterocycles. The van der Waals surface area contributed by atoms with Crippen LogP contribution in [0.4, 0.5) is 17.1 Å². The monoisotopic (exact) mass is 285 g/mol. The molecule has 0 amide bonds. The number of nitrogens with one attached hydrogen (secondary N) is 1. The van der Waals surface area contributed by atoms with Crippen LogP contribution in [0.1, 0.15) is 5.56 Å². The summed E-state index contributed by atoms with van der Waals surface area (Å²) in [5.74, 6) is 0. The standard InChI is InChI=1S/C13H8ClN5O/c14-8-5-7(6-15)1-3-10(8)17-11-4-2-9(16)12-13(11)19-20-18-12/h1-5,17H,16H2. The Morgan fingerprint density at radius 3 is 2.65 bits per heavy atom. The van der Waals surface area contributed by atoms with E-state index in [0.29, 0.717) is 38.7 Å². The number of nitriles is 1. The molecule has 3 rings (SSSR count). The predicted molar refractivity (Wildman–Crippen MR) is 75.7 cm³/mol. The number of benzene rings is 2. The molecule has 98 valence electrons. The third-order valence-corrected chi connectivity index (χ3v) is 3.13. The Balaban J connectivity index is 2.04. The number of aromatic nitrogens is 2. The van der Waals surface area contributed by atoms with Gasteiger partial charge in [-0.05, 0) is 40.6 Å². The molecule has 1 heterocycles. The lowest BCUT2D eigenvalue weighted by Gasteiger charge is -2.09.